The number of nitrogens with one attached hydrogen (secondary N) is 1. The lowest BCUT2D eigenvalue weighted by molar-refractivity contribution is 0.161. The van der Waals surface area contributed by atoms with Crippen molar-refractivity contribution in [2.24, 2.45) is 17.2 Å². The molecule has 1 aliphatic carbocycles. The maximum Gasteiger partial charge on any atom is 0.0279 e. The van der Waals surface area contributed by atoms with Crippen molar-refractivity contribution in [1.29, 1.82) is 0 Å². The van der Waals surface area contributed by atoms with Gasteiger partial charge < -0.3 is 0 Å². The summed E-state index contributed by atoms with van der Waals surface area (Å²) >= 11 is 3.63. The van der Waals surface area contributed by atoms with Gasteiger partial charge in [-0.25, -0.2) is 0 Å². The van der Waals surface area contributed by atoms with E-state index in [1.165, 1.54) is 35.7 Å². The Hall–Kier alpha value is -0.380. The molecular formula is C16H25BrN2. The number of hydrogen-bond acceptors (Lipinski definition) is 2. The summed E-state index contributed by atoms with van der Waals surface area (Å²) in [4.78, 5) is 0. The Labute approximate surface area is 125 Å². The van der Waals surface area contributed by atoms with Crippen LogP contribution < -0.4 is 11.3 Å². The number of rotatable bonds is 4. The predicted molar refractivity (Wildman–Crippen MR) is 84.7 cm³/mol. The predicted octanol–water partition coefficient (Wildman–Crippen LogP) is 4.04. The summed E-state index contributed by atoms with van der Waals surface area (Å²) < 4.78 is 1.19. The highest BCUT2D eigenvalue weighted by Gasteiger charge is 2.31. The minimum Gasteiger partial charge on any atom is -0.271 e. The van der Waals surface area contributed by atoms with E-state index in [-0.39, 0.29) is 0 Å². The average molecular weight is 325 g/mol. The molecule has 2 rings (SSSR count). The molecule has 106 valence electrons. The summed E-state index contributed by atoms with van der Waals surface area (Å²) in [5, 5.41) is 0. The van der Waals surface area contributed by atoms with Gasteiger partial charge in [-0.05, 0) is 55.1 Å². The number of benzene rings is 1. The van der Waals surface area contributed by atoms with Crippen molar-refractivity contribution >= 4 is 15.9 Å². The second-order valence-corrected chi connectivity index (χ2v) is 7.42. The van der Waals surface area contributed by atoms with Crippen molar-refractivity contribution in [3.05, 3.63) is 34.3 Å². The van der Waals surface area contributed by atoms with Gasteiger partial charge in [0.1, 0.15) is 0 Å². The molecule has 0 aromatic heterocycles. The van der Waals surface area contributed by atoms with Crippen LogP contribution in [0.5, 0.6) is 0 Å². The SMILES string of the molecule is CC1(C)CCC(C(Cc2ccccc2Br)NN)CC1. The Morgan fingerprint density at radius 3 is 2.53 bits per heavy atom. The largest absolute Gasteiger partial charge is 0.271 e. The molecular weight excluding hydrogens is 300 g/mol. The number of nitrogens with two attached hydrogens (primary N) is 1. The molecule has 0 radical (unpaired) electrons. The molecule has 1 atom stereocenters. The van der Waals surface area contributed by atoms with E-state index in [0.717, 1.165) is 6.42 Å². The molecule has 0 bridgehead atoms. The smallest absolute Gasteiger partial charge is 0.0279 e. The van der Waals surface area contributed by atoms with E-state index in [1.54, 1.807) is 0 Å². The molecule has 3 heteroatoms. The van der Waals surface area contributed by atoms with Gasteiger partial charge in [-0.3, -0.25) is 11.3 Å². The highest BCUT2D eigenvalue weighted by atomic mass is 79.9. The molecule has 19 heavy (non-hydrogen) atoms. The monoisotopic (exact) mass is 324 g/mol. The minimum absolute atomic E-state index is 0.384. The van der Waals surface area contributed by atoms with Gasteiger partial charge >= 0.3 is 0 Å². The molecule has 0 aliphatic heterocycles. The van der Waals surface area contributed by atoms with Gasteiger partial charge in [0, 0.05) is 10.5 Å². The topological polar surface area (TPSA) is 38.0 Å². The van der Waals surface area contributed by atoms with Crippen molar-refractivity contribution in [1.82, 2.24) is 5.43 Å². The van der Waals surface area contributed by atoms with Crippen LogP contribution in [-0.4, -0.2) is 6.04 Å². The molecule has 0 saturated heterocycles. The first kappa shape index (κ1) is 15.0. The Morgan fingerprint density at radius 2 is 1.95 bits per heavy atom. The third kappa shape index (κ3) is 4.04. The lowest BCUT2D eigenvalue weighted by Crippen LogP contribution is -2.44. The summed E-state index contributed by atoms with van der Waals surface area (Å²) in [5.74, 6) is 6.50. The zero-order valence-corrected chi connectivity index (χ0v) is 13.5. The van der Waals surface area contributed by atoms with Crippen LogP contribution in [-0.2, 0) is 6.42 Å². The maximum atomic E-state index is 5.80. The summed E-state index contributed by atoms with van der Waals surface area (Å²) in [6.07, 6.45) is 6.19. The number of hydrogen-bond donors (Lipinski definition) is 2. The molecule has 3 N–H and O–H groups in total. The van der Waals surface area contributed by atoms with E-state index in [9.17, 15) is 0 Å². The van der Waals surface area contributed by atoms with Crippen LogP contribution in [0.2, 0.25) is 0 Å². The summed E-state index contributed by atoms with van der Waals surface area (Å²) in [7, 11) is 0. The summed E-state index contributed by atoms with van der Waals surface area (Å²) in [6.45, 7) is 4.75. The van der Waals surface area contributed by atoms with Crippen LogP contribution >= 0.6 is 15.9 Å². The molecule has 2 nitrogen and oxygen atoms in total. The standard InChI is InChI=1S/C16H25BrN2/c1-16(2)9-7-12(8-10-16)15(19-18)11-13-5-3-4-6-14(13)17/h3-6,12,15,19H,7-11,18H2,1-2H3. The molecule has 0 amide bonds. The molecule has 0 heterocycles. The van der Waals surface area contributed by atoms with Crippen molar-refractivity contribution in [2.75, 3.05) is 0 Å². The normalized spacial score (nSPS) is 21.3. The van der Waals surface area contributed by atoms with Crippen molar-refractivity contribution in [2.45, 2.75) is 52.0 Å². The Bertz CT molecular complexity index is 407. The first-order valence-electron chi connectivity index (χ1n) is 7.21. The first-order chi connectivity index (χ1) is 9.02. The molecule has 1 aromatic rings. The average Bonchev–Trinajstić information content (AvgIpc) is 2.38. The molecule has 1 saturated carbocycles. The quantitative estimate of drug-likeness (QED) is 0.648. The fourth-order valence-electron chi connectivity index (χ4n) is 3.09. The van der Waals surface area contributed by atoms with Gasteiger partial charge in [0.2, 0.25) is 0 Å². The highest BCUT2D eigenvalue weighted by molar-refractivity contribution is 9.10. The van der Waals surface area contributed by atoms with Gasteiger partial charge in [-0.1, -0.05) is 48.0 Å². The van der Waals surface area contributed by atoms with E-state index in [2.05, 4.69) is 59.5 Å². The zero-order chi connectivity index (χ0) is 13.9. The van der Waals surface area contributed by atoms with Gasteiger partial charge in [-0.2, -0.15) is 0 Å². The Balaban J connectivity index is 1.99. The maximum absolute atomic E-state index is 5.80. The molecule has 1 fully saturated rings. The lowest BCUT2D eigenvalue weighted by atomic mass is 9.70. The fraction of sp³-hybridized carbons (Fsp3) is 0.625. The molecule has 1 aromatic carbocycles. The van der Waals surface area contributed by atoms with E-state index >= 15 is 0 Å². The molecule has 1 aliphatic rings. The van der Waals surface area contributed by atoms with E-state index in [4.69, 9.17) is 5.84 Å². The fourth-order valence-corrected chi connectivity index (χ4v) is 3.53. The van der Waals surface area contributed by atoms with E-state index < -0.39 is 0 Å². The first-order valence-corrected chi connectivity index (χ1v) is 8.01. The second-order valence-electron chi connectivity index (χ2n) is 6.57. The zero-order valence-electron chi connectivity index (χ0n) is 12.0. The van der Waals surface area contributed by atoms with Crippen LogP contribution in [0.3, 0.4) is 0 Å². The number of halogens is 1. The van der Waals surface area contributed by atoms with E-state index in [1.807, 2.05) is 0 Å². The van der Waals surface area contributed by atoms with Crippen molar-refractivity contribution in [3.8, 4) is 0 Å². The third-order valence-corrected chi connectivity index (χ3v) is 5.34. The number of hydrazine groups is 1. The van der Waals surface area contributed by atoms with Crippen molar-refractivity contribution in [3.63, 3.8) is 0 Å². The van der Waals surface area contributed by atoms with Gasteiger partial charge in [0.15, 0.2) is 0 Å². The van der Waals surface area contributed by atoms with Crippen LogP contribution in [0.1, 0.15) is 45.1 Å². The van der Waals surface area contributed by atoms with Crippen LogP contribution in [0.15, 0.2) is 28.7 Å². The van der Waals surface area contributed by atoms with Crippen LogP contribution in [0.25, 0.3) is 0 Å². The van der Waals surface area contributed by atoms with Gasteiger partial charge in [0.05, 0.1) is 0 Å². The summed E-state index contributed by atoms with van der Waals surface area (Å²) in [5.41, 5.74) is 4.91. The van der Waals surface area contributed by atoms with Crippen molar-refractivity contribution < 1.29 is 0 Å². The van der Waals surface area contributed by atoms with E-state index in [0.29, 0.717) is 17.4 Å². The molecule has 0 spiro atoms. The molecule has 1 unspecified atom stereocenters. The van der Waals surface area contributed by atoms with Crippen LogP contribution in [0, 0.1) is 11.3 Å². The Kier molecular flexibility index (Phi) is 5.04. The second kappa shape index (κ2) is 6.38. The highest BCUT2D eigenvalue weighted by Crippen LogP contribution is 2.39. The summed E-state index contributed by atoms with van der Waals surface area (Å²) in [6, 6.07) is 8.82. The van der Waals surface area contributed by atoms with Crippen LogP contribution in [0.4, 0.5) is 0 Å². The third-order valence-electron chi connectivity index (χ3n) is 4.56. The van der Waals surface area contributed by atoms with Gasteiger partial charge in [-0.15, -0.1) is 0 Å². The Morgan fingerprint density at radius 1 is 1.32 bits per heavy atom. The minimum atomic E-state index is 0.384. The van der Waals surface area contributed by atoms with Gasteiger partial charge in [0.25, 0.3) is 0 Å². The lowest BCUT2D eigenvalue weighted by Gasteiger charge is -2.38.